The van der Waals surface area contributed by atoms with Crippen LogP contribution < -0.4 is 9.47 Å². The van der Waals surface area contributed by atoms with Crippen LogP contribution >= 0.6 is 0 Å². The van der Waals surface area contributed by atoms with Gasteiger partial charge in [0, 0.05) is 11.1 Å². The van der Waals surface area contributed by atoms with Crippen LogP contribution in [0.4, 0.5) is 0 Å². The molecule has 144 valence electrons. The minimum atomic E-state index is -0.390. The normalized spacial score (nSPS) is 19.1. The summed E-state index contributed by atoms with van der Waals surface area (Å²) < 4.78 is 12.7. The molecule has 0 spiro atoms. The first-order chi connectivity index (χ1) is 13.3. The third-order valence-corrected chi connectivity index (χ3v) is 5.20. The molecule has 2 aliphatic heterocycles. The Labute approximate surface area is 166 Å². The summed E-state index contributed by atoms with van der Waals surface area (Å²) in [4.78, 5) is 13.0. The van der Waals surface area contributed by atoms with Gasteiger partial charge in [-0.15, -0.1) is 0 Å². The molecule has 0 saturated carbocycles. The number of hydrogen-bond donors (Lipinski definition) is 0. The van der Waals surface area contributed by atoms with Gasteiger partial charge in [0.25, 0.3) is 0 Å². The molecule has 2 aliphatic rings. The van der Waals surface area contributed by atoms with Crippen molar-refractivity contribution in [2.24, 2.45) is 0 Å². The fraction of sp³-hybridized carbons (Fsp3) is 0.320. The van der Waals surface area contributed by atoms with Gasteiger partial charge in [-0.1, -0.05) is 48.1 Å². The predicted octanol–water partition coefficient (Wildman–Crippen LogP) is 6.09. The number of rotatable bonds is 3. The van der Waals surface area contributed by atoms with Gasteiger partial charge in [0.1, 0.15) is 23.2 Å². The van der Waals surface area contributed by atoms with E-state index in [1.807, 2.05) is 56.3 Å². The minimum Gasteiger partial charge on any atom is -0.484 e. The van der Waals surface area contributed by atoms with E-state index in [1.165, 1.54) is 5.57 Å². The molecule has 0 N–H and O–H groups in total. The maximum Gasteiger partial charge on any atom is 0.170 e. The molecule has 0 aromatic heterocycles. The van der Waals surface area contributed by atoms with E-state index < -0.39 is 5.60 Å². The fourth-order valence-electron chi connectivity index (χ4n) is 3.71. The average molecular weight is 374 g/mol. The molecule has 0 radical (unpaired) electrons. The quantitative estimate of drug-likeness (QED) is 0.610. The van der Waals surface area contributed by atoms with Gasteiger partial charge in [-0.3, -0.25) is 4.79 Å². The molecular weight excluding hydrogens is 348 g/mol. The van der Waals surface area contributed by atoms with Gasteiger partial charge in [-0.25, -0.2) is 0 Å². The third kappa shape index (κ3) is 3.49. The number of fused-ring (bicyclic) bond motifs is 2. The summed E-state index contributed by atoms with van der Waals surface area (Å²) in [5.74, 6) is 1.62. The standard InChI is InChI=1S/C25H26O3/c1-16(2)10-11-19-23-18(12-13-25(3,4)28-23)14-20-21(26)15-22(27-24(19)20)17-8-6-5-7-9-17/h5-10,12-14,22H,11,15H2,1-4H3/t22-/m1/s1. The molecule has 4 rings (SSSR count). The Morgan fingerprint density at radius 3 is 2.64 bits per heavy atom. The van der Waals surface area contributed by atoms with E-state index in [4.69, 9.17) is 9.47 Å². The monoisotopic (exact) mass is 374 g/mol. The Morgan fingerprint density at radius 2 is 1.93 bits per heavy atom. The molecule has 28 heavy (non-hydrogen) atoms. The van der Waals surface area contributed by atoms with Gasteiger partial charge in [0.2, 0.25) is 0 Å². The van der Waals surface area contributed by atoms with Crippen molar-refractivity contribution < 1.29 is 14.3 Å². The lowest BCUT2D eigenvalue weighted by Crippen LogP contribution is -2.29. The van der Waals surface area contributed by atoms with Crippen LogP contribution in [0.1, 0.15) is 67.3 Å². The topological polar surface area (TPSA) is 35.5 Å². The Bertz CT molecular complexity index is 977. The van der Waals surface area contributed by atoms with Crippen LogP contribution in [0, 0.1) is 0 Å². The number of carbonyl (C=O) groups excluding carboxylic acids is 1. The van der Waals surface area contributed by atoms with Gasteiger partial charge in [0.05, 0.1) is 12.0 Å². The summed E-state index contributed by atoms with van der Waals surface area (Å²) in [5, 5.41) is 0. The Hall–Kier alpha value is -2.81. The van der Waals surface area contributed by atoms with Crippen molar-refractivity contribution in [1.82, 2.24) is 0 Å². The van der Waals surface area contributed by atoms with E-state index in [-0.39, 0.29) is 11.9 Å². The fourth-order valence-corrected chi connectivity index (χ4v) is 3.71. The largest absolute Gasteiger partial charge is 0.484 e. The highest BCUT2D eigenvalue weighted by atomic mass is 16.5. The first-order valence-electron chi connectivity index (χ1n) is 9.80. The lowest BCUT2D eigenvalue weighted by Gasteiger charge is -2.33. The minimum absolute atomic E-state index is 0.120. The molecule has 2 aromatic carbocycles. The van der Waals surface area contributed by atoms with E-state index in [9.17, 15) is 4.79 Å². The molecule has 0 amide bonds. The van der Waals surface area contributed by atoms with Crippen molar-refractivity contribution in [3.05, 3.63) is 76.4 Å². The van der Waals surface area contributed by atoms with Crippen LogP contribution in [0.15, 0.2) is 54.1 Å². The summed E-state index contributed by atoms with van der Waals surface area (Å²) >= 11 is 0. The number of ether oxygens (including phenoxy) is 2. The molecule has 2 aromatic rings. The highest BCUT2D eigenvalue weighted by Crippen LogP contribution is 2.46. The summed E-state index contributed by atoms with van der Waals surface area (Å²) in [5.41, 5.74) is 4.42. The predicted molar refractivity (Wildman–Crippen MR) is 112 cm³/mol. The SMILES string of the molecule is CC(C)=CCc1c2c(cc3c1O[C@@H](c1ccccc1)CC3=O)C=CC(C)(C)O2. The summed E-state index contributed by atoms with van der Waals surface area (Å²) in [6.07, 6.45) is 7.01. The zero-order valence-electron chi connectivity index (χ0n) is 16.9. The Balaban J connectivity index is 1.86. The second-order valence-corrected chi connectivity index (χ2v) is 8.32. The number of ketones is 1. The highest BCUT2D eigenvalue weighted by molar-refractivity contribution is 6.01. The number of benzene rings is 2. The van der Waals surface area contributed by atoms with E-state index in [0.717, 1.165) is 22.4 Å². The van der Waals surface area contributed by atoms with Crippen molar-refractivity contribution in [2.75, 3.05) is 0 Å². The molecular formula is C25H26O3. The van der Waals surface area contributed by atoms with E-state index in [1.54, 1.807) is 0 Å². The second kappa shape index (κ2) is 6.97. The van der Waals surface area contributed by atoms with Crippen molar-refractivity contribution >= 4 is 11.9 Å². The molecule has 0 aliphatic carbocycles. The summed E-state index contributed by atoms with van der Waals surface area (Å²) in [6, 6.07) is 11.9. The van der Waals surface area contributed by atoms with Crippen LogP contribution in [-0.4, -0.2) is 11.4 Å². The third-order valence-electron chi connectivity index (χ3n) is 5.20. The van der Waals surface area contributed by atoms with Gasteiger partial charge >= 0.3 is 0 Å². The molecule has 3 heteroatoms. The molecule has 0 saturated heterocycles. The van der Waals surface area contributed by atoms with Crippen LogP contribution in [0.3, 0.4) is 0 Å². The number of carbonyl (C=O) groups is 1. The average Bonchev–Trinajstić information content (AvgIpc) is 2.66. The van der Waals surface area contributed by atoms with Crippen molar-refractivity contribution in [3.8, 4) is 11.5 Å². The van der Waals surface area contributed by atoms with Crippen LogP contribution in [0.25, 0.3) is 6.08 Å². The molecule has 2 heterocycles. The van der Waals surface area contributed by atoms with Gasteiger partial charge < -0.3 is 9.47 Å². The first-order valence-corrected chi connectivity index (χ1v) is 9.80. The second-order valence-electron chi connectivity index (χ2n) is 8.32. The molecule has 0 fully saturated rings. The van der Waals surface area contributed by atoms with Crippen molar-refractivity contribution in [3.63, 3.8) is 0 Å². The van der Waals surface area contributed by atoms with E-state index in [2.05, 4.69) is 26.0 Å². The van der Waals surface area contributed by atoms with Crippen LogP contribution in [-0.2, 0) is 6.42 Å². The molecule has 1 atom stereocenters. The van der Waals surface area contributed by atoms with Gasteiger partial charge in [-0.05, 0) is 51.8 Å². The van der Waals surface area contributed by atoms with Crippen molar-refractivity contribution in [1.29, 1.82) is 0 Å². The molecule has 0 bridgehead atoms. The first kappa shape index (κ1) is 18.5. The van der Waals surface area contributed by atoms with Gasteiger partial charge in [-0.2, -0.15) is 0 Å². The maximum absolute atomic E-state index is 13.0. The smallest absolute Gasteiger partial charge is 0.170 e. The molecule has 3 nitrogen and oxygen atoms in total. The Morgan fingerprint density at radius 1 is 1.18 bits per heavy atom. The van der Waals surface area contributed by atoms with E-state index >= 15 is 0 Å². The van der Waals surface area contributed by atoms with Crippen molar-refractivity contribution in [2.45, 2.75) is 52.2 Å². The number of Topliss-reactive ketones (excluding diaryl/α,β-unsaturated/α-hetero) is 1. The summed E-state index contributed by atoms with van der Waals surface area (Å²) in [6.45, 7) is 8.22. The highest BCUT2D eigenvalue weighted by Gasteiger charge is 2.34. The zero-order chi connectivity index (χ0) is 19.9. The Kier molecular flexibility index (Phi) is 4.62. The van der Waals surface area contributed by atoms with Crippen LogP contribution in [0.2, 0.25) is 0 Å². The lowest BCUT2D eigenvalue weighted by atomic mass is 9.89. The number of hydrogen-bond acceptors (Lipinski definition) is 3. The lowest BCUT2D eigenvalue weighted by molar-refractivity contribution is 0.0845. The van der Waals surface area contributed by atoms with E-state index in [0.29, 0.717) is 24.2 Å². The van der Waals surface area contributed by atoms with Gasteiger partial charge in [0.15, 0.2) is 5.78 Å². The van der Waals surface area contributed by atoms with Crippen LogP contribution in [0.5, 0.6) is 11.5 Å². The summed E-state index contributed by atoms with van der Waals surface area (Å²) in [7, 11) is 0. The number of allylic oxidation sites excluding steroid dienone is 2. The zero-order valence-corrected chi connectivity index (χ0v) is 16.9. The maximum atomic E-state index is 13.0. The molecule has 0 unspecified atom stereocenters.